The van der Waals surface area contributed by atoms with Crippen LogP contribution in [0.1, 0.15) is 12.5 Å². The normalized spacial score (nSPS) is 13.4. The molecule has 6 heteroatoms. The van der Waals surface area contributed by atoms with Crippen LogP contribution in [0.2, 0.25) is 0 Å². The monoisotopic (exact) mass is 259 g/mol. The second-order valence-corrected chi connectivity index (χ2v) is 5.58. The van der Waals surface area contributed by atoms with Gasteiger partial charge in [0.1, 0.15) is 5.75 Å². The Labute approximate surface area is 101 Å². The maximum atomic E-state index is 11.2. The predicted octanol–water partition coefficient (Wildman–Crippen LogP) is 0.277. The Morgan fingerprint density at radius 2 is 1.94 bits per heavy atom. The number of nitrogens with two attached hydrogens (primary N) is 1. The van der Waals surface area contributed by atoms with E-state index in [4.69, 9.17) is 15.0 Å². The van der Waals surface area contributed by atoms with Crippen molar-refractivity contribution in [1.29, 1.82) is 0 Å². The fraction of sp³-hybridized carbons (Fsp3) is 0.455. The molecule has 1 rings (SSSR count). The highest BCUT2D eigenvalue weighted by Gasteiger charge is 2.09. The van der Waals surface area contributed by atoms with E-state index in [1.807, 2.05) is 0 Å². The highest BCUT2D eigenvalue weighted by Crippen LogP contribution is 2.15. The van der Waals surface area contributed by atoms with Gasteiger partial charge in [-0.05, 0) is 31.0 Å². The van der Waals surface area contributed by atoms with Crippen LogP contribution in [0.4, 0.5) is 0 Å². The molecule has 1 aromatic rings. The quantitative estimate of drug-likeness (QED) is 0.716. The first-order valence-corrected chi connectivity index (χ1v) is 6.92. The molecule has 0 bridgehead atoms. The van der Waals surface area contributed by atoms with Crippen molar-refractivity contribution in [3.63, 3.8) is 0 Å². The Morgan fingerprint density at radius 1 is 1.35 bits per heavy atom. The largest absolute Gasteiger partial charge is 0.395 e. The number of rotatable bonds is 6. The molecule has 0 saturated heterocycles. The molecule has 5 nitrogen and oxygen atoms in total. The summed E-state index contributed by atoms with van der Waals surface area (Å²) >= 11 is 0. The fourth-order valence-electron chi connectivity index (χ4n) is 1.25. The standard InChI is InChI=1S/C11H17NO4S/c1-2-17(14,15)16-11-5-3-9(4-6-11)7-10(12)8-13/h3-6,10,13H,2,7-8,12H2,1H3/t10-/m0/s1. The van der Waals surface area contributed by atoms with E-state index in [-0.39, 0.29) is 24.2 Å². The minimum absolute atomic E-state index is 0.0653. The summed E-state index contributed by atoms with van der Waals surface area (Å²) in [5, 5.41) is 8.81. The van der Waals surface area contributed by atoms with E-state index in [1.54, 1.807) is 24.3 Å². The Balaban J connectivity index is 2.68. The molecule has 17 heavy (non-hydrogen) atoms. The summed E-state index contributed by atoms with van der Waals surface area (Å²) < 4.78 is 27.2. The third kappa shape index (κ3) is 4.72. The first-order valence-electron chi connectivity index (χ1n) is 5.34. The third-order valence-electron chi connectivity index (χ3n) is 2.23. The van der Waals surface area contributed by atoms with Gasteiger partial charge >= 0.3 is 10.1 Å². The summed E-state index contributed by atoms with van der Waals surface area (Å²) in [7, 11) is -3.48. The number of hydrogen-bond acceptors (Lipinski definition) is 5. The summed E-state index contributed by atoms with van der Waals surface area (Å²) in [6.07, 6.45) is 0.539. The minimum Gasteiger partial charge on any atom is -0.395 e. The van der Waals surface area contributed by atoms with Crippen molar-refractivity contribution in [3.8, 4) is 5.75 Å². The third-order valence-corrected chi connectivity index (χ3v) is 3.39. The van der Waals surface area contributed by atoms with Gasteiger partial charge in [0.2, 0.25) is 0 Å². The molecule has 3 N–H and O–H groups in total. The van der Waals surface area contributed by atoms with E-state index in [0.29, 0.717) is 6.42 Å². The Hall–Kier alpha value is -1.11. The average molecular weight is 259 g/mol. The van der Waals surface area contributed by atoms with Crippen LogP contribution < -0.4 is 9.92 Å². The summed E-state index contributed by atoms with van der Waals surface area (Å²) in [5.74, 6) is 0.220. The van der Waals surface area contributed by atoms with Crippen LogP contribution in [0.3, 0.4) is 0 Å². The molecule has 0 aliphatic rings. The molecule has 0 unspecified atom stereocenters. The maximum absolute atomic E-state index is 11.2. The summed E-state index contributed by atoms with van der Waals surface area (Å²) in [5.41, 5.74) is 6.51. The maximum Gasteiger partial charge on any atom is 0.308 e. The SMILES string of the molecule is CCS(=O)(=O)Oc1ccc(C[C@H](N)CO)cc1. The van der Waals surface area contributed by atoms with Gasteiger partial charge < -0.3 is 15.0 Å². The van der Waals surface area contributed by atoms with Crippen molar-refractivity contribution >= 4 is 10.1 Å². The molecule has 0 spiro atoms. The van der Waals surface area contributed by atoms with Gasteiger partial charge in [0, 0.05) is 6.04 Å². The second kappa shape index (κ2) is 6.00. The summed E-state index contributed by atoms with van der Waals surface area (Å²) in [6, 6.07) is 6.31. The van der Waals surface area contributed by atoms with E-state index in [2.05, 4.69) is 0 Å². The number of hydrogen-bond donors (Lipinski definition) is 2. The molecule has 0 saturated carbocycles. The lowest BCUT2D eigenvalue weighted by Gasteiger charge is -2.09. The first-order chi connectivity index (χ1) is 7.96. The van der Waals surface area contributed by atoms with E-state index < -0.39 is 10.1 Å². The second-order valence-electron chi connectivity index (χ2n) is 3.72. The topological polar surface area (TPSA) is 89.6 Å². The van der Waals surface area contributed by atoms with Crippen LogP contribution in [0.15, 0.2) is 24.3 Å². The van der Waals surface area contributed by atoms with E-state index >= 15 is 0 Å². The zero-order valence-corrected chi connectivity index (χ0v) is 10.5. The van der Waals surface area contributed by atoms with E-state index in [0.717, 1.165) is 5.56 Å². The van der Waals surface area contributed by atoms with Crippen molar-refractivity contribution in [2.24, 2.45) is 5.73 Å². The Kier molecular flexibility index (Phi) is 4.92. The van der Waals surface area contributed by atoms with Crippen molar-refractivity contribution in [1.82, 2.24) is 0 Å². The molecule has 0 aromatic heterocycles. The molecule has 0 amide bonds. The first kappa shape index (κ1) is 14.0. The molecule has 0 fully saturated rings. The lowest BCUT2D eigenvalue weighted by Crippen LogP contribution is -2.26. The molecule has 1 atom stereocenters. The van der Waals surface area contributed by atoms with Gasteiger partial charge in [-0.1, -0.05) is 12.1 Å². The van der Waals surface area contributed by atoms with Gasteiger partial charge in [-0.3, -0.25) is 0 Å². The Morgan fingerprint density at radius 3 is 2.41 bits per heavy atom. The van der Waals surface area contributed by atoms with Gasteiger partial charge in [0.25, 0.3) is 0 Å². The number of aliphatic hydroxyl groups excluding tert-OH is 1. The fourth-order valence-corrected chi connectivity index (χ4v) is 1.78. The van der Waals surface area contributed by atoms with Gasteiger partial charge in [0.05, 0.1) is 12.4 Å². The van der Waals surface area contributed by atoms with Crippen LogP contribution in [-0.2, 0) is 16.5 Å². The van der Waals surface area contributed by atoms with Crippen LogP contribution in [-0.4, -0.2) is 31.9 Å². The molecular weight excluding hydrogens is 242 g/mol. The van der Waals surface area contributed by atoms with E-state index in [1.165, 1.54) is 6.92 Å². The van der Waals surface area contributed by atoms with Crippen LogP contribution in [0.25, 0.3) is 0 Å². The van der Waals surface area contributed by atoms with Crippen LogP contribution in [0.5, 0.6) is 5.75 Å². The van der Waals surface area contributed by atoms with Crippen LogP contribution >= 0.6 is 0 Å². The van der Waals surface area contributed by atoms with Crippen LogP contribution in [0, 0.1) is 0 Å². The smallest absolute Gasteiger partial charge is 0.308 e. The van der Waals surface area contributed by atoms with Crippen molar-refractivity contribution < 1.29 is 17.7 Å². The summed E-state index contributed by atoms with van der Waals surface area (Å²) in [4.78, 5) is 0. The van der Waals surface area contributed by atoms with Gasteiger partial charge in [-0.15, -0.1) is 0 Å². The Bertz CT molecular complexity index is 441. The predicted molar refractivity (Wildman–Crippen MR) is 65.3 cm³/mol. The number of benzene rings is 1. The summed E-state index contributed by atoms with van der Waals surface area (Å²) in [6.45, 7) is 1.44. The van der Waals surface area contributed by atoms with Gasteiger partial charge in [-0.2, -0.15) is 8.42 Å². The molecular formula is C11H17NO4S. The molecule has 0 heterocycles. The van der Waals surface area contributed by atoms with Crippen molar-refractivity contribution in [2.45, 2.75) is 19.4 Å². The highest BCUT2D eigenvalue weighted by molar-refractivity contribution is 7.87. The number of aliphatic hydroxyl groups is 1. The minimum atomic E-state index is -3.48. The highest BCUT2D eigenvalue weighted by atomic mass is 32.2. The lowest BCUT2D eigenvalue weighted by molar-refractivity contribution is 0.265. The molecule has 96 valence electrons. The molecule has 0 aliphatic carbocycles. The molecule has 0 radical (unpaired) electrons. The van der Waals surface area contributed by atoms with E-state index in [9.17, 15) is 8.42 Å². The lowest BCUT2D eigenvalue weighted by atomic mass is 10.1. The van der Waals surface area contributed by atoms with Gasteiger partial charge in [-0.25, -0.2) is 0 Å². The van der Waals surface area contributed by atoms with Crippen molar-refractivity contribution in [3.05, 3.63) is 29.8 Å². The zero-order valence-electron chi connectivity index (χ0n) is 9.67. The molecule has 0 aliphatic heterocycles. The zero-order chi connectivity index (χ0) is 12.9. The average Bonchev–Trinajstić information content (AvgIpc) is 2.31. The van der Waals surface area contributed by atoms with Crippen molar-refractivity contribution in [2.75, 3.05) is 12.4 Å². The van der Waals surface area contributed by atoms with Gasteiger partial charge in [0.15, 0.2) is 0 Å². The molecule has 1 aromatic carbocycles.